The smallest absolute Gasteiger partial charge is 0.129 e. The van der Waals surface area contributed by atoms with Gasteiger partial charge in [0, 0.05) is 13.1 Å². The van der Waals surface area contributed by atoms with Crippen LogP contribution in [0.2, 0.25) is 0 Å². The summed E-state index contributed by atoms with van der Waals surface area (Å²) in [5.41, 5.74) is 0.0394. The van der Waals surface area contributed by atoms with Gasteiger partial charge in [0.25, 0.3) is 0 Å². The van der Waals surface area contributed by atoms with Gasteiger partial charge in [-0.2, -0.15) is 0 Å². The second-order valence-corrected chi connectivity index (χ2v) is 4.67. The second-order valence-electron chi connectivity index (χ2n) is 4.67. The summed E-state index contributed by atoms with van der Waals surface area (Å²) in [7, 11) is 0. The van der Waals surface area contributed by atoms with Crippen molar-refractivity contribution in [2.45, 2.75) is 32.0 Å². The molecule has 1 unspecified atom stereocenters. The number of aliphatic hydroxyl groups is 2. The zero-order valence-electron chi connectivity index (χ0n) is 9.56. The Bertz CT molecular complexity index is 366. The predicted octanol–water partition coefficient (Wildman–Crippen LogP) is 0.925. The van der Waals surface area contributed by atoms with Gasteiger partial charge in [-0.15, -0.1) is 0 Å². The highest BCUT2D eigenvalue weighted by Crippen LogP contribution is 2.24. The Morgan fingerprint density at radius 2 is 2.31 bits per heavy atom. The van der Waals surface area contributed by atoms with Crippen LogP contribution >= 0.6 is 0 Å². The first-order chi connectivity index (χ1) is 7.61. The Kier molecular flexibility index (Phi) is 3.12. The Labute approximate surface area is 95.5 Å². The summed E-state index contributed by atoms with van der Waals surface area (Å²) in [4.78, 5) is 6.42. The number of rotatable bonds is 2. The van der Waals surface area contributed by atoms with E-state index in [9.17, 15) is 5.11 Å². The van der Waals surface area contributed by atoms with Crippen molar-refractivity contribution in [2.75, 3.05) is 18.0 Å². The van der Waals surface area contributed by atoms with Crippen molar-refractivity contribution in [3.8, 4) is 0 Å². The zero-order chi connectivity index (χ0) is 11.6. The van der Waals surface area contributed by atoms with Crippen LogP contribution in [0.5, 0.6) is 0 Å². The highest BCUT2D eigenvalue weighted by atomic mass is 16.3. The predicted molar refractivity (Wildman–Crippen MR) is 62.2 cm³/mol. The summed E-state index contributed by atoms with van der Waals surface area (Å²) >= 11 is 0. The maximum Gasteiger partial charge on any atom is 0.129 e. The van der Waals surface area contributed by atoms with Crippen molar-refractivity contribution < 1.29 is 10.2 Å². The van der Waals surface area contributed by atoms with Gasteiger partial charge in [-0.1, -0.05) is 6.07 Å². The molecule has 0 amide bonds. The molecule has 0 spiro atoms. The SMILES string of the molecule is CC1(O)CCCN(c2cccc(CO)n2)C1. The number of anilines is 1. The summed E-state index contributed by atoms with van der Waals surface area (Å²) in [5.74, 6) is 0.839. The summed E-state index contributed by atoms with van der Waals surface area (Å²) in [5, 5.41) is 19.0. The summed E-state index contributed by atoms with van der Waals surface area (Å²) in [6.45, 7) is 3.33. The van der Waals surface area contributed by atoms with Gasteiger partial charge in [-0.3, -0.25) is 0 Å². The molecule has 0 saturated carbocycles. The molecule has 1 aromatic heterocycles. The molecule has 1 fully saturated rings. The van der Waals surface area contributed by atoms with E-state index in [0.29, 0.717) is 12.2 Å². The molecule has 0 aliphatic carbocycles. The molecule has 4 nitrogen and oxygen atoms in total. The maximum absolute atomic E-state index is 10.0. The minimum absolute atomic E-state index is 0.0436. The molecule has 1 aliphatic rings. The second kappa shape index (κ2) is 4.39. The molecule has 2 heterocycles. The molecule has 2 N–H and O–H groups in total. The Balaban J connectivity index is 2.16. The Morgan fingerprint density at radius 3 is 3.00 bits per heavy atom. The van der Waals surface area contributed by atoms with Crippen LogP contribution in [0.1, 0.15) is 25.5 Å². The normalized spacial score (nSPS) is 25.8. The molecular formula is C12H18N2O2. The first-order valence-corrected chi connectivity index (χ1v) is 5.65. The van der Waals surface area contributed by atoms with E-state index in [1.807, 2.05) is 19.1 Å². The molecular weight excluding hydrogens is 204 g/mol. The summed E-state index contributed by atoms with van der Waals surface area (Å²) in [6.07, 6.45) is 1.81. The van der Waals surface area contributed by atoms with E-state index in [1.165, 1.54) is 0 Å². The van der Waals surface area contributed by atoms with E-state index in [0.717, 1.165) is 25.2 Å². The largest absolute Gasteiger partial charge is 0.390 e. The number of piperidine rings is 1. The topological polar surface area (TPSA) is 56.6 Å². The van der Waals surface area contributed by atoms with Crippen molar-refractivity contribution in [1.82, 2.24) is 4.98 Å². The van der Waals surface area contributed by atoms with Crippen molar-refractivity contribution in [3.63, 3.8) is 0 Å². The fraction of sp³-hybridized carbons (Fsp3) is 0.583. The number of aliphatic hydroxyl groups excluding tert-OH is 1. The van der Waals surface area contributed by atoms with Gasteiger partial charge in [0.05, 0.1) is 17.9 Å². The highest BCUT2D eigenvalue weighted by molar-refractivity contribution is 5.40. The summed E-state index contributed by atoms with van der Waals surface area (Å²) < 4.78 is 0. The maximum atomic E-state index is 10.0. The number of hydrogen-bond donors (Lipinski definition) is 2. The third-order valence-electron chi connectivity index (χ3n) is 2.95. The van der Waals surface area contributed by atoms with Gasteiger partial charge in [0.1, 0.15) is 5.82 Å². The monoisotopic (exact) mass is 222 g/mol. The third kappa shape index (κ3) is 2.51. The molecule has 88 valence electrons. The van der Waals surface area contributed by atoms with E-state index >= 15 is 0 Å². The van der Waals surface area contributed by atoms with Crippen LogP contribution < -0.4 is 4.90 Å². The van der Waals surface area contributed by atoms with Crippen LogP contribution in [0.3, 0.4) is 0 Å². The van der Waals surface area contributed by atoms with Crippen LogP contribution in [0.4, 0.5) is 5.82 Å². The average Bonchev–Trinajstić information content (AvgIpc) is 2.28. The van der Waals surface area contributed by atoms with Crippen LogP contribution in [0.25, 0.3) is 0 Å². The van der Waals surface area contributed by atoms with Crippen molar-refractivity contribution in [1.29, 1.82) is 0 Å². The Morgan fingerprint density at radius 1 is 1.50 bits per heavy atom. The van der Waals surface area contributed by atoms with E-state index in [2.05, 4.69) is 9.88 Å². The molecule has 4 heteroatoms. The number of nitrogens with zero attached hydrogens (tertiary/aromatic N) is 2. The van der Waals surface area contributed by atoms with E-state index in [1.54, 1.807) is 6.07 Å². The lowest BCUT2D eigenvalue weighted by Crippen LogP contribution is -2.46. The average molecular weight is 222 g/mol. The molecule has 0 bridgehead atoms. The fourth-order valence-electron chi connectivity index (χ4n) is 2.15. The first kappa shape index (κ1) is 11.4. The molecule has 1 aliphatic heterocycles. The minimum Gasteiger partial charge on any atom is -0.390 e. The molecule has 0 radical (unpaired) electrons. The lowest BCUT2D eigenvalue weighted by molar-refractivity contribution is 0.0447. The Hall–Kier alpha value is -1.13. The lowest BCUT2D eigenvalue weighted by Gasteiger charge is -2.37. The van der Waals surface area contributed by atoms with Crippen LogP contribution in [0.15, 0.2) is 18.2 Å². The number of pyridine rings is 1. The van der Waals surface area contributed by atoms with Gasteiger partial charge in [0.2, 0.25) is 0 Å². The van der Waals surface area contributed by atoms with Gasteiger partial charge in [0.15, 0.2) is 0 Å². The number of aromatic nitrogens is 1. The highest BCUT2D eigenvalue weighted by Gasteiger charge is 2.28. The van der Waals surface area contributed by atoms with Gasteiger partial charge in [-0.25, -0.2) is 4.98 Å². The third-order valence-corrected chi connectivity index (χ3v) is 2.95. The summed E-state index contributed by atoms with van der Waals surface area (Å²) in [6, 6.07) is 5.60. The van der Waals surface area contributed by atoms with Crippen molar-refractivity contribution in [3.05, 3.63) is 23.9 Å². The molecule has 1 atom stereocenters. The van der Waals surface area contributed by atoms with Gasteiger partial charge < -0.3 is 15.1 Å². The van der Waals surface area contributed by atoms with Crippen LogP contribution in [-0.4, -0.2) is 33.9 Å². The molecule has 2 rings (SSSR count). The number of hydrogen-bond acceptors (Lipinski definition) is 4. The minimum atomic E-state index is -0.630. The lowest BCUT2D eigenvalue weighted by atomic mass is 9.95. The van der Waals surface area contributed by atoms with Crippen molar-refractivity contribution in [2.24, 2.45) is 0 Å². The van der Waals surface area contributed by atoms with E-state index in [-0.39, 0.29) is 6.61 Å². The van der Waals surface area contributed by atoms with Crippen LogP contribution in [0, 0.1) is 0 Å². The quantitative estimate of drug-likeness (QED) is 0.781. The molecule has 16 heavy (non-hydrogen) atoms. The molecule has 1 aromatic rings. The molecule has 1 saturated heterocycles. The van der Waals surface area contributed by atoms with E-state index in [4.69, 9.17) is 5.11 Å². The molecule has 0 aromatic carbocycles. The zero-order valence-corrected chi connectivity index (χ0v) is 9.56. The van der Waals surface area contributed by atoms with E-state index < -0.39 is 5.60 Å². The number of β-amino-alcohol motifs (C(OH)–C–C–N with tert-alkyl or cyclic N) is 1. The van der Waals surface area contributed by atoms with Crippen LogP contribution in [-0.2, 0) is 6.61 Å². The van der Waals surface area contributed by atoms with Gasteiger partial charge in [-0.05, 0) is 31.9 Å². The van der Waals surface area contributed by atoms with Gasteiger partial charge >= 0.3 is 0 Å². The van der Waals surface area contributed by atoms with Crippen molar-refractivity contribution >= 4 is 5.82 Å². The first-order valence-electron chi connectivity index (χ1n) is 5.65. The standard InChI is InChI=1S/C12H18N2O2/c1-12(16)6-3-7-14(9-12)11-5-2-4-10(8-15)13-11/h2,4-5,15-16H,3,6-9H2,1H3. The fourth-order valence-corrected chi connectivity index (χ4v) is 2.15.